The highest BCUT2D eigenvalue weighted by molar-refractivity contribution is 5.92. The molecule has 1 aliphatic rings. The molecule has 0 aliphatic carbocycles. The Bertz CT molecular complexity index is 1040. The van der Waals surface area contributed by atoms with E-state index >= 15 is 0 Å². The summed E-state index contributed by atoms with van der Waals surface area (Å²) in [5.41, 5.74) is 0.169. The highest BCUT2D eigenvalue weighted by Gasteiger charge is 2.21. The molecule has 146 valence electrons. The van der Waals surface area contributed by atoms with E-state index in [4.69, 9.17) is 9.47 Å². The molecule has 2 heterocycles. The molecular formula is C20H18F3N3O2. The van der Waals surface area contributed by atoms with Crippen LogP contribution in [0.3, 0.4) is 0 Å². The first-order valence-corrected chi connectivity index (χ1v) is 8.85. The summed E-state index contributed by atoms with van der Waals surface area (Å²) in [6.45, 7) is 4.33. The molecule has 0 spiro atoms. The SMILES string of the molecule is Cc1nc(NC(C)c2cccc(C(F)F)c2F)c2cc3c(cc2n1)OCCO3. The first kappa shape index (κ1) is 18.3. The van der Waals surface area contributed by atoms with Crippen LogP contribution in [0.4, 0.5) is 19.0 Å². The van der Waals surface area contributed by atoms with Gasteiger partial charge in [0.2, 0.25) is 0 Å². The molecule has 1 aromatic heterocycles. The lowest BCUT2D eigenvalue weighted by Gasteiger charge is -2.21. The van der Waals surface area contributed by atoms with E-state index in [0.29, 0.717) is 47.3 Å². The van der Waals surface area contributed by atoms with Gasteiger partial charge in [-0.05, 0) is 19.9 Å². The molecule has 0 saturated carbocycles. The van der Waals surface area contributed by atoms with Gasteiger partial charge >= 0.3 is 0 Å². The summed E-state index contributed by atoms with van der Waals surface area (Å²) >= 11 is 0. The maximum absolute atomic E-state index is 14.5. The second kappa shape index (κ2) is 7.18. The van der Waals surface area contributed by atoms with Crippen LogP contribution in [0, 0.1) is 12.7 Å². The summed E-state index contributed by atoms with van der Waals surface area (Å²) in [6.07, 6.45) is -2.88. The number of ether oxygens (including phenoxy) is 2. The predicted molar refractivity (Wildman–Crippen MR) is 98.7 cm³/mol. The quantitative estimate of drug-likeness (QED) is 0.684. The monoisotopic (exact) mass is 389 g/mol. The number of halogens is 3. The average molecular weight is 389 g/mol. The normalized spacial score (nSPS) is 14.4. The molecule has 0 amide bonds. The van der Waals surface area contributed by atoms with Crippen molar-refractivity contribution < 1.29 is 22.6 Å². The van der Waals surface area contributed by atoms with Gasteiger partial charge in [-0.1, -0.05) is 18.2 Å². The number of nitrogens with one attached hydrogen (secondary N) is 1. The Balaban J connectivity index is 1.74. The molecule has 4 rings (SSSR count). The van der Waals surface area contributed by atoms with E-state index in [0.717, 1.165) is 6.07 Å². The van der Waals surface area contributed by atoms with Crippen molar-refractivity contribution in [3.8, 4) is 11.5 Å². The Kier molecular flexibility index (Phi) is 4.70. The van der Waals surface area contributed by atoms with Crippen molar-refractivity contribution in [3.05, 3.63) is 53.1 Å². The minimum Gasteiger partial charge on any atom is -0.486 e. The number of fused-ring (bicyclic) bond motifs is 2. The van der Waals surface area contributed by atoms with Gasteiger partial charge in [-0.2, -0.15) is 0 Å². The molecule has 2 aromatic carbocycles. The molecule has 28 heavy (non-hydrogen) atoms. The van der Waals surface area contributed by atoms with E-state index in [9.17, 15) is 13.2 Å². The van der Waals surface area contributed by atoms with Gasteiger partial charge in [-0.15, -0.1) is 0 Å². The molecule has 1 atom stereocenters. The third kappa shape index (κ3) is 3.30. The standard InChI is InChI=1S/C20H18F3N3O2/c1-10(12-4-3-5-13(18(12)21)19(22)23)24-20-14-8-16-17(28-7-6-27-16)9-15(14)25-11(2)26-20/h3-5,8-10,19H,6-7H2,1-2H3,(H,24,25,26). The number of nitrogens with zero attached hydrogens (tertiary/aromatic N) is 2. The van der Waals surface area contributed by atoms with E-state index < -0.39 is 23.8 Å². The van der Waals surface area contributed by atoms with Crippen molar-refractivity contribution >= 4 is 16.7 Å². The van der Waals surface area contributed by atoms with Crippen LogP contribution in [0.15, 0.2) is 30.3 Å². The van der Waals surface area contributed by atoms with Crippen molar-refractivity contribution in [2.24, 2.45) is 0 Å². The fraction of sp³-hybridized carbons (Fsp3) is 0.300. The van der Waals surface area contributed by atoms with Gasteiger partial charge in [-0.25, -0.2) is 23.1 Å². The Labute approximate surface area is 159 Å². The minimum absolute atomic E-state index is 0.139. The molecule has 0 fully saturated rings. The summed E-state index contributed by atoms with van der Waals surface area (Å²) in [7, 11) is 0. The van der Waals surface area contributed by atoms with Crippen molar-refractivity contribution in [1.29, 1.82) is 0 Å². The minimum atomic E-state index is -2.88. The van der Waals surface area contributed by atoms with Gasteiger partial charge < -0.3 is 14.8 Å². The van der Waals surface area contributed by atoms with E-state index in [1.165, 1.54) is 12.1 Å². The number of hydrogen-bond acceptors (Lipinski definition) is 5. The number of anilines is 1. The maximum atomic E-state index is 14.5. The summed E-state index contributed by atoms with van der Waals surface area (Å²) in [4.78, 5) is 8.83. The van der Waals surface area contributed by atoms with Gasteiger partial charge in [0.1, 0.15) is 30.7 Å². The highest BCUT2D eigenvalue weighted by atomic mass is 19.3. The van der Waals surface area contributed by atoms with E-state index in [-0.39, 0.29) is 5.56 Å². The number of alkyl halides is 2. The van der Waals surface area contributed by atoms with E-state index in [1.807, 2.05) is 0 Å². The van der Waals surface area contributed by atoms with Crippen LogP contribution >= 0.6 is 0 Å². The van der Waals surface area contributed by atoms with Gasteiger partial charge in [0.25, 0.3) is 6.43 Å². The third-order valence-corrected chi connectivity index (χ3v) is 4.58. The first-order valence-electron chi connectivity index (χ1n) is 8.85. The number of hydrogen-bond donors (Lipinski definition) is 1. The Morgan fingerprint density at radius 2 is 1.71 bits per heavy atom. The molecule has 1 N–H and O–H groups in total. The largest absolute Gasteiger partial charge is 0.486 e. The fourth-order valence-corrected chi connectivity index (χ4v) is 3.25. The lowest BCUT2D eigenvalue weighted by atomic mass is 10.0. The number of rotatable bonds is 4. The van der Waals surface area contributed by atoms with Crippen molar-refractivity contribution in [2.75, 3.05) is 18.5 Å². The molecule has 3 aromatic rings. The summed E-state index contributed by atoms with van der Waals surface area (Å²) in [6, 6.07) is 6.93. The highest BCUT2D eigenvalue weighted by Crippen LogP contribution is 2.37. The molecule has 0 saturated heterocycles. The molecule has 8 heteroatoms. The van der Waals surface area contributed by atoms with Crippen LogP contribution in [0.25, 0.3) is 10.9 Å². The molecule has 1 aliphatic heterocycles. The topological polar surface area (TPSA) is 56.3 Å². The average Bonchev–Trinajstić information content (AvgIpc) is 2.66. The van der Waals surface area contributed by atoms with Crippen LogP contribution in [-0.4, -0.2) is 23.2 Å². The van der Waals surface area contributed by atoms with E-state index in [1.54, 1.807) is 26.0 Å². The van der Waals surface area contributed by atoms with Crippen molar-refractivity contribution in [3.63, 3.8) is 0 Å². The Morgan fingerprint density at radius 3 is 2.43 bits per heavy atom. The lowest BCUT2D eigenvalue weighted by molar-refractivity contribution is 0.146. The number of aryl methyl sites for hydroxylation is 1. The van der Waals surface area contributed by atoms with Crippen LogP contribution in [0.5, 0.6) is 11.5 Å². The van der Waals surface area contributed by atoms with Crippen LogP contribution in [-0.2, 0) is 0 Å². The first-order chi connectivity index (χ1) is 13.4. The predicted octanol–water partition coefficient (Wildman–Crippen LogP) is 4.96. The second-order valence-corrected chi connectivity index (χ2v) is 6.55. The molecule has 0 radical (unpaired) electrons. The zero-order valence-corrected chi connectivity index (χ0v) is 15.3. The molecule has 0 bridgehead atoms. The Morgan fingerprint density at radius 1 is 1.04 bits per heavy atom. The van der Waals surface area contributed by atoms with Gasteiger partial charge in [0.05, 0.1) is 17.1 Å². The molecule has 1 unspecified atom stereocenters. The summed E-state index contributed by atoms with van der Waals surface area (Å²) in [5, 5.41) is 3.80. The Hall–Kier alpha value is -3.03. The van der Waals surface area contributed by atoms with Gasteiger partial charge in [-0.3, -0.25) is 0 Å². The maximum Gasteiger partial charge on any atom is 0.266 e. The molecule has 5 nitrogen and oxygen atoms in total. The van der Waals surface area contributed by atoms with Gasteiger partial charge in [0, 0.05) is 17.0 Å². The third-order valence-electron chi connectivity index (χ3n) is 4.58. The van der Waals surface area contributed by atoms with Crippen LogP contribution < -0.4 is 14.8 Å². The summed E-state index contributed by atoms with van der Waals surface area (Å²) in [5.74, 6) is 1.25. The van der Waals surface area contributed by atoms with E-state index in [2.05, 4.69) is 15.3 Å². The smallest absolute Gasteiger partial charge is 0.266 e. The lowest BCUT2D eigenvalue weighted by Crippen LogP contribution is -2.16. The molecular weight excluding hydrogens is 371 g/mol. The number of aromatic nitrogens is 2. The van der Waals surface area contributed by atoms with Crippen LogP contribution in [0.2, 0.25) is 0 Å². The van der Waals surface area contributed by atoms with Gasteiger partial charge in [0.15, 0.2) is 11.5 Å². The second-order valence-electron chi connectivity index (χ2n) is 6.55. The van der Waals surface area contributed by atoms with Crippen molar-refractivity contribution in [2.45, 2.75) is 26.3 Å². The fourth-order valence-electron chi connectivity index (χ4n) is 3.25. The zero-order chi connectivity index (χ0) is 19.8. The number of benzene rings is 2. The summed E-state index contributed by atoms with van der Waals surface area (Å²) < 4.78 is 51.7. The zero-order valence-electron chi connectivity index (χ0n) is 15.3. The van der Waals surface area contributed by atoms with Crippen LogP contribution in [0.1, 0.15) is 36.3 Å². The van der Waals surface area contributed by atoms with Crippen molar-refractivity contribution in [1.82, 2.24) is 9.97 Å².